The molecule has 188 valence electrons. The Kier molecular flexibility index (Phi) is 7.94. The monoisotopic (exact) mass is 491 g/mol. The molecule has 9 heteroatoms. The number of anilines is 1. The number of hydrogen-bond donors (Lipinski definition) is 2. The predicted molar refractivity (Wildman–Crippen MR) is 130 cm³/mol. The summed E-state index contributed by atoms with van der Waals surface area (Å²) in [6.07, 6.45) is 6.61. The van der Waals surface area contributed by atoms with E-state index in [1.54, 1.807) is 25.3 Å². The van der Waals surface area contributed by atoms with Gasteiger partial charge in [0.25, 0.3) is 0 Å². The molecule has 2 saturated carbocycles. The van der Waals surface area contributed by atoms with Crippen molar-refractivity contribution in [2.75, 3.05) is 31.7 Å². The summed E-state index contributed by atoms with van der Waals surface area (Å²) >= 11 is 0. The van der Waals surface area contributed by atoms with E-state index < -0.39 is 10.0 Å². The summed E-state index contributed by atoms with van der Waals surface area (Å²) in [4.78, 5) is 27.1. The fourth-order valence-electron chi connectivity index (χ4n) is 5.15. The van der Waals surface area contributed by atoms with Crippen molar-refractivity contribution in [3.8, 4) is 0 Å². The van der Waals surface area contributed by atoms with Gasteiger partial charge in [0, 0.05) is 50.4 Å². The topological polar surface area (TPSA) is 105 Å². The third kappa shape index (κ3) is 5.80. The highest BCUT2D eigenvalue weighted by Gasteiger charge is 2.39. The highest BCUT2D eigenvalue weighted by molar-refractivity contribution is 7.89. The van der Waals surface area contributed by atoms with E-state index in [4.69, 9.17) is 4.74 Å². The van der Waals surface area contributed by atoms with Gasteiger partial charge >= 0.3 is 0 Å². The maximum Gasteiger partial charge on any atom is 0.240 e. The lowest BCUT2D eigenvalue weighted by Crippen LogP contribution is -2.36. The molecule has 1 aliphatic heterocycles. The van der Waals surface area contributed by atoms with Gasteiger partial charge in [-0.15, -0.1) is 0 Å². The standard InChI is InChI=1S/C25H37N3O5S/c1-17-14-21-15-22(10-11-23(21)28(17)25(30)20-8-9-20)34(31,32)27-16-18-4-6-19(7-5-18)24(29)26-12-3-13-33-2/h10-11,15,17-20,27H,3-9,12-14,16H2,1-2H3,(H,26,29)/t17-,18?,19?/m1/s1. The minimum absolute atomic E-state index is 0.00963. The summed E-state index contributed by atoms with van der Waals surface area (Å²) < 4.78 is 33.7. The predicted octanol–water partition coefficient (Wildman–Crippen LogP) is 2.61. The molecule has 34 heavy (non-hydrogen) atoms. The maximum atomic E-state index is 13.0. The van der Waals surface area contributed by atoms with Crippen molar-refractivity contribution in [1.82, 2.24) is 10.0 Å². The van der Waals surface area contributed by atoms with Crippen molar-refractivity contribution in [3.63, 3.8) is 0 Å². The average Bonchev–Trinajstić information content (AvgIpc) is 3.62. The van der Waals surface area contributed by atoms with Crippen molar-refractivity contribution in [3.05, 3.63) is 23.8 Å². The molecule has 4 rings (SSSR count). The highest BCUT2D eigenvalue weighted by atomic mass is 32.2. The van der Waals surface area contributed by atoms with Gasteiger partial charge in [0.15, 0.2) is 0 Å². The van der Waals surface area contributed by atoms with Gasteiger partial charge in [-0.2, -0.15) is 0 Å². The Morgan fingerprint density at radius 3 is 2.47 bits per heavy atom. The second-order valence-corrected chi connectivity index (χ2v) is 11.8. The minimum Gasteiger partial charge on any atom is -0.385 e. The summed E-state index contributed by atoms with van der Waals surface area (Å²) in [6, 6.07) is 5.17. The average molecular weight is 492 g/mol. The molecule has 3 aliphatic rings. The molecule has 0 saturated heterocycles. The molecule has 1 atom stereocenters. The number of ether oxygens (including phenoxy) is 1. The maximum absolute atomic E-state index is 13.0. The minimum atomic E-state index is -3.63. The Hall–Kier alpha value is -1.97. The molecular weight excluding hydrogens is 454 g/mol. The molecule has 1 aromatic carbocycles. The normalized spacial score (nSPS) is 24.6. The largest absolute Gasteiger partial charge is 0.385 e. The van der Waals surface area contributed by atoms with Crippen molar-refractivity contribution in [2.24, 2.45) is 17.8 Å². The number of hydrogen-bond acceptors (Lipinski definition) is 5. The molecule has 0 bridgehead atoms. The van der Waals surface area contributed by atoms with Gasteiger partial charge in [-0.05, 0) is 88.0 Å². The lowest BCUT2D eigenvalue weighted by atomic mass is 9.81. The van der Waals surface area contributed by atoms with Gasteiger partial charge < -0.3 is 15.0 Å². The number of amides is 2. The van der Waals surface area contributed by atoms with E-state index in [1.165, 1.54) is 0 Å². The van der Waals surface area contributed by atoms with Crippen LogP contribution in [0.2, 0.25) is 0 Å². The first-order valence-corrected chi connectivity index (χ1v) is 14.0. The van der Waals surface area contributed by atoms with E-state index in [2.05, 4.69) is 10.0 Å². The van der Waals surface area contributed by atoms with Crippen LogP contribution in [0.1, 0.15) is 57.4 Å². The van der Waals surface area contributed by atoms with E-state index in [-0.39, 0.29) is 40.5 Å². The SMILES string of the molecule is COCCCNC(=O)C1CCC(CNS(=O)(=O)c2ccc3c(c2)C[C@@H](C)N3C(=O)C2CC2)CC1. The molecule has 2 aliphatic carbocycles. The van der Waals surface area contributed by atoms with E-state index in [0.29, 0.717) is 26.1 Å². The summed E-state index contributed by atoms with van der Waals surface area (Å²) in [5.41, 5.74) is 1.77. The number of carbonyl (C=O) groups excluding carboxylic acids is 2. The molecule has 0 radical (unpaired) electrons. The van der Waals surface area contributed by atoms with Crippen LogP contribution < -0.4 is 14.9 Å². The Morgan fingerprint density at radius 1 is 1.09 bits per heavy atom. The van der Waals surface area contributed by atoms with Gasteiger partial charge in [0.2, 0.25) is 21.8 Å². The van der Waals surface area contributed by atoms with Crippen LogP contribution in [0.4, 0.5) is 5.69 Å². The zero-order valence-corrected chi connectivity index (χ0v) is 21.0. The molecule has 2 fully saturated rings. The summed E-state index contributed by atoms with van der Waals surface area (Å²) in [5.74, 6) is 0.634. The zero-order valence-electron chi connectivity index (χ0n) is 20.2. The molecule has 0 spiro atoms. The van der Waals surface area contributed by atoms with Gasteiger partial charge in [-0.1, -0.05) is 0 Å². The van der Waals surface area contributed by atoms with E-state index in [9.17, 15) is 18.0 Å². The second kappa shape index (κ2) is 10.7. The first kappa shape index (κ1) is 25.1. The number of methoxy groups -OCH3 is 1. The van der Waals surface area contributed by atoms with E-state index in [0.717, 1.165) is 56.2 Å². The number of nitrogens with one attached hydrogen (secondary N) is 2. The smallest absolute Gasteiger partial charge is 0.240 e. The summed E-state index contributed by atoms with van der Waals surface area (Å²) in [5, 5.41) is 2.97. The van der Waals surface area contributed by atoms with Crippen LogP contribution in [-0.4, -0.2) is 53.1 Å². The molecular formula is C25H37N3O5S. The van der Waals surface area contributed by atoms with Gasteiger partial charge in [0.1, 0.15) is 0 Å². The number of nitrogens with zero attached hydrogens (tertiary/aromatic N) is 1. The Labute approximate surface area is 202 Å². The van der Waals surface area contributed by atoms with Gasteiger partial charge in [0.05, 0.1) is 4.90 Å². The van der Waals surface area contributed by atoms with Crippen LogP contribution in [0.15, 0.2) is 23.1 Å². The summed E-state index contributed by atoms with van der Waals surface area (Å²) in [6.45, 7) is 3.65. The van der Waals surface area contributed by atoms with Crippen LogP contribution in [0.25, 0.3) is 0 Å². The third-order valence-electron chi connectivity index (χ3n) is 7.34. The number of carbonyl (C=O) groups is 2. The molecule has 0 unspecified atom stereocenters. The Morgan fingerprint density at radius 2 is 1.79 bits per heavy atom. The number of sulfonamides is 1. The van der Waals surface area contributed by atoms with Gasteiger partial charge in [-0.3, -0.25) is 9.59 Å². The quantitative estimate of drug-likeness (QED) is 0.490. The van der Waals surface area contributed by atoms with Crippen LogP contribution in [-0.2, 0) is 30.8 Å². The van der Waals surface area contributed by atoms with Crippen molar-refractivity contribution >= 4 is 27.5 Å². The Bertz CT molecular complexity index is 1000. The first-order chi connectivity index (χ1) is 16.3. The first-order valence-electron chi connectivity index (χ1n) is 12.5. The van der Waals surface area contributed by atoms with Crippen molar-refractivity contribution in [1.29, 1.82) is 0 Å². The molecule has 2 amide bonds. The lowest BCUT2D eigenvalue weighted by molar-refractivity contribution is -0.126. The Balaban J connectivity index is 1.28. The van der Waals surface area contributed by atoms with E-state index in [1.807, 2.05) is 11.8 Å². The number of benzene rings is 1. The van der Waals surface area contributed by atoms with Crippen LogP contribution in [0.3, 0.4) is 0 Å². The fourth-order valence-corrected chi connectivity index (χ4v) is 6.32. The van der Waals surface area contributed by atoms with Crippen LogP contribution >= 0.6 is 0 Å². The molecule has 8 nitrogen and oxygen atoms in total. The number of rotatable bonds is 10. The molecule has 2 N–H and O–H groups in total. The summed E-state index contributed by atoms with van der Waals surface area (Å²) in [7, 11) is -1.99. The zero-order chi connectivity index (χ0) is 24.3. The van der Waals surface area contributed by atoms with Crippen LogP contribution in [0, 0.1) is 17.8 Å². The highest BCUT2D eigenvalue weighted by Crippen LogP contribution is 2.39. The number of fused-ring (bicyclic) bond motifs is 1. The van der Waals surface area contributed by atoms with Gasteiger partial charge in [-0.25, -0.2) is 13.1 Å². The third-order valence-corrected chi connectivity index (χ3v) is 8.77. The molecule has 1 aromatic rings. The second-order valence-electron chi connectivity index (χ2n) is 10.0. The van der Waals surface area contributed by atoms with Crippen LogP contribution in [0.5, 0.6) is 0 Å². The fraction of sp³-hybridized carbons (Fsp3) is 0.680. The molecule has 1 heterocycles. The lowest BCUT2D eigenvalue weighted by Gasteiger charge is -2.28. The van der Waals surface area contributed by atoms with Crippen molar-refractivity contribution in [2.45, 2.75) is 69.2 Å². The molecule has 0 aromatic heterocycles. The van der Waals surface area contributed by atoms with E-state index >= 15 is 0 Å². The van der Waals surface area contributed by atoms with Crippen molar-refractivity contribution < 1.29 is 22.7 Å².